The van der Waals surface area contributed by atoms with Gasteiger partial charge in [0.2, 0.25) is 10.0 Å². The smallest absolute Gasteiger partial charge is 0.251 e. The second-order valence-corrected chi connectivity index (χ2v) is 8.49. The van der Waals surface area contributed by atoms with E-state index in [4.69, 9.17) is 21.1 Å². The zero-order chi connectivity index (χ0) is 21.6. The summed E-state index contributed by atoms with van der Waals surface area (Å²) in [7, 11) is -3.46. The maximum atomic E-state index is 12.6. The number of benzene rings is 2. The molecule has 0 aliphatic heterocycles. The zero-order valence-electron chi connectivity index (χ0n) is 16.8. The Kier molecular flexibility index (Phi) is 7.75. The molecule has 0 unspecified atom stereocenters. The first-order valence-electron chi connectivity index (χ1n) is 9.12. The lowest BCUT2D eigenvalue weighted by Crippen LogP contribution is -2.26. The molecule has 29 heavy (non-hydrogen) atoms. The van der Waals surface area contributed by atoms with Gasteiger partial charge in [0.15, 0.2) is 11.5 Å². The van der Waals surface area contributed by atoms with Crippen LogP contribution in [0.5, 0.6) is 11.5 Å². The monoisotopic (exact) mass is 440 g/mol. The van der Waals surface area contributed by atoms with Crippen LogP contribution < -0.4 is 19.5 Å². The van der Waals surface area contributed by atoms with Crippen molar-refractivity contribution in [3.63, 3.8) is 0 Å². The molecule has 1 atom stereocenters. The summed E-state index contributed by atoms with van der Waals surface area (Å²) in [5.74, 6) is 0.932. The number of amides is 1. The highest BCUT2D eigenvalue weighted by Gasteiger charge is 2.16. The average molecular weight is 441 g/mol. The van der Waals surface area contributed by atoms with Gasteiger partial charge < -0.3 is 14.8 Å². The molecule has 0 saturated carbocycles. The molecule has 0 aliphatic rings. The third kappa shape index (κ3) is 6.54. The van der Waals surface area contributed by atoms with E-state index in [1.165, 1.54) is 18.2 Å². The molecule has 0 heterocycles. The Morgan fingerprint density at radius 1 is 1.07 bits per heavy atom. The van der Waals surface area contributed by atoms with Gasteiger partial charge in [0.1, 0.15) is 0 Å². The Hall–Kier alpha value is -2.45. The summed E-state index contributed by atoms with van der Waals surface area (Å²) in [6.45, 7) is 6.66. The molecule has 9 heteroatoms. The Balaban J connectivity index is 2.16. The number of rotatable bonds is 9. The molecule has 0 aromatic heterocycles. The number of nitrogens with one attached hydrogen (secondary N) is 2. The molecule has 2 aromatic carbocycles. The van der Waals surface area contributed by atoms with Crippen molar-refractivity contribution in [1.29, 1.82) is 0 Å². The van der Waals surface area contributed by atoms with Crippen LogP contribution in [0.4, 0.5) is 5.69 Å². The van der Waals surface area contributed by atoms with Crippen molar-refractivity contribution in [3.8, 4) is 11.5 Å². The first-order chi connectivity index (χ1) is 13.6. The van der Waals surface area contributed by atoms with Gasteiger partial charge in [-0.05, 0) is 56.7 Å². The van der Waals surface area contributed by atoms with Crippen LogP contribution in [0.25, 0.3) is 0 Å². The molecule has 0 fully saturated rings. The fourth-order valence-electron chi connectivity index (χ4n) is 2.64. The first-order valence-corrected chi connectivity index (χ1v) is 11.4. The van der Waals surface area contributed by atoms with Crippen LogP contribution in [-0.2, 0) is 10.0 Å². The Morgan fingerprint density at radius 3 is 2.31 bits per heavy atom. The van der Waals surface area contributed by atoms with Crippen molar-refractivity contribution >= 4 is 33.2 Å². The van der Waals surface area contributed by atoms with E-state index in [0.717, 1.165) is 11.8 Å². The van der Waals surface area contributed by atoms with E-state index in [1.807, 2.05) is 39.0 Å². The van der Waals surface area contributed by atoms with Crippen LogP contribution in [-0.4, -0.2) is 33.8 Å². The van der Waals surface area contributed by atoms with Crippen molar-refractivity contribution in [3.05, 3.63) is 52.5 Å². The topological polar surface area (TPSA) is 93.7 Å². The number of sulfonamides is 1. The van der Waals surface area contributed by atoms with Crippen LogP contribution >= 0.6 is 11.6 Å². The predicted octanol–water partition coefficient (Wildman–Crippen LogP) is 4.00. The van der Waals surface area contributed by atoms with Crippen LogP contribution in [0.3, 0.4) is 0 Å². The Bertz CT molecular complexity index is 979. The highest BCUT2D eigenvalue weighted by atomic mass is 35.5. The minimum atomic E-state index is -3.46. The minimum Gasteiger partial charge on any atom is -0.490 e. The van der Waals surface area contributed by atoms with Crippen molar-refractivity contribution in [2.45, 2.75) is 26.8 Å². The summed E-state index contributed by atoms with van der Waals surface area (Å²) in [6.07, 6.45) is 1.03. The van der Waals surface area contributed by atoms with Gasteiger partial charge in [-0.1, -0.05) is 17.7 Å². The van der Waals surface area contributed by atoms with Gasteiger partial charge in [-0.2, -0.15) is 0 Å². The van der Waals surface area contributed by atoms with Gasteiger partial charge in [-0.25, -0.2) is 8.42 Å². The number of ether oxygens (including phenoxy) is 2. The van der Waals surface area contributed by atoms with E-state index in [9.17, 15) is 13.2 Å². The molecule has 1 amide bonds. The summed E-state index contributed by atoms with van der Waals surface area (Å²) >= 11 is 6.10. The number of carbonyl (C=O) groups excluding carboxylic acids is 1. The van der Waals surface area contributed by atoms with E-state index >= 15 is 0 Å². The van der Waals surface area contributed by atoms with E-state index < -0.39 is 10.0 Å². The van der Waals surface area contributed by atoms with E-state index in [1.54, 1.807) is 0 Å². The lowest BCUT2D eigenvalue weighted by Gasteiger charge is -2.18. The van der Waals surface area contributed by atoms with Crippen LogP contribution in [0.1, 0.15) is 42.7 Å². The van der Waals surface area contributed by atoms with E-state index in [-0.39, 0.29) is 22.7 Å². The molecule has 0 radical (unpaired) electrons. The standard InChI is InChI=1S/C20H25ClN2O5S/c1-5-27-18-10-8-14(12-19(18)28-6-2)13(3)22-20(24)15-7-9-17(16(21)11-15)23-29(4,25)26/h7-13,23H,5-6H2,1-4H3,(H,22,24)/t13-/m0/s1. The Labute approximate surface area is 176 Å². The lowest BCUT2D eigenvalue weighted by molar-refractivity contribution is 0.0940. The van der Waals surface area contributed by atoms with Gasteiger partial charge >= 0.3 is 0 Å². The number of hydrogen-bond donors (Lipinski definition) is 2. The summed E-state index contributed by atoms with van der Waals surface area (Å²) in [4.78, 5) is 12.6. The highest BCUT2D eigenvalue weighted by Crippen LogP contribution is 2.31. The fourth-order valence-corrected chi connectivity index (χ4v) is 3.50. The van der Waals surface area contributed by atoms with E-state index in [0.29, 0.717) is 30.3 Å². The molecular formula is C20H25ClN2O5S. The average Bonchev–Trinajstić information content (AvgIpc) is 2.64. The number of anilines is 1. The molecule has 2 aromatic rings. The highest BCUT2D eigenvalue weighted by molar-refractivity contribution is 7.92. The third-order valence-electron chi connectivity index (χ3n) is 3.94. The molecule has 0 spiro atoms. The van der Waals surface area contributed by atoms with Crippen molar-refractivity contribution < 1.29 is 22.7 Å². The molecule has 0 saturated heterocycles. The normalized spacial score (nSPS) is 12.2. The number of hydrogen-bond acceptors (Lipinski definition) is 5. The quantitative estimate of drug-likeness (QED) is 0.614. The molecular weight excluding hydrogens is 416 g/mol. The van der Waals surface area contributed by atoms with Crippen LogP contribution in [0.15, 0.2) is 36.4 Å². The van der Waals surface area contributed by atoms with Gasteiger partial charge in [0, 0.05) is 5.56 Å². The van der Waals surface area contributed by atoms with Crippen LogP contribution in [0.2, 0.25) is 5.02 Å². The van der Waals surface area contributed by atoms with Crippen molar-refractivity contribution in [1.82, 2.24) is 5.32 Å². The molecule has 0 bridgehead atoms. The maximum Gasteiger partial charge on any atom is 0.251 e. The second-order valence-electron chi connectivity index (χ2n) is 6.34. The van der Waals surface area contributed by atoms with Gasteiger partial charge in [0.05, 0.1) is 36.2 Å². The molecule has 2 N–H and O–H groups in total. The summed E-state index contributed by atoms with van der Waals surface area (Å²) in [5.41, 5.74) is 1.38. The molecule has 2 rings (SSSR count). The summed E-state index contributed by atoms with van der Waals surface area (Å²) in [5, 5.41) is 3.03. The summed E-state index contributed by atoms with van der Waals surface area (Å²) in [6, 6.07) is 9.59. The van der Waals surface area contributed by atoms with Gasteiger partial charge in [0.25, 0.3) is 5.91 Å². The Morgan fingerprint density at radius 2 is 1.72 bits per heavy atom. The number of carbonyl (C=O) groups is 1. The maximum absolute atomic E-state index is 12.6. The molecule has 0 aliphatic carbocycles. The molecule has 7 nitrogen and oxygen atoms in total. The summed E-state index contributed by atoms with van der Waals surface area (Å²) < 4.78 is 36.2. The van der Waals surface area contributed by atoms with Crippen molar-refractivity contribution in [2.24, 2.45) is 0 Å². The fraction of sp³-hybridized carbons (Fsp3) is 0.350. The zero-order valence-corrected chi connectivity index (χ0v) is 18.4. The largest absolute Gasteiger partial charge is 0.490 e. The minimum absolute atomic E-state index is 0.135. The number of halogens is 1. The van der Waals surface area contributed by atoms with Crippen LogP contribution in [0, 0.1) is 0 Å². The second kappa shape index (κ2) is 9.84. The van der Waals surface area contributed by atoms with E-state index in [2.05, 4.69) is 10.0 Å². The third-order valence-corrected chi connectivity index (χ3v) is 4.85. The first kappa shape index (κ1) is 22.8. The predicted molar refractivity (Wildman–Crippen MR) is 115 cm³/mol. The molecule has 158 valence electrons. The van der Waals surface area contributed by atoms with Crippen molar-refractivity contribution in [2.75, 3.05) is 24.2 Å². The van der Waals surface area contributed by atoms with Gasteiger partial charge in [-0.3, -0.25) is 9.52 Å². The SMILES string of the molecule is CCOc1ccc([C@H](C)NC(=O)c2ccc(NS(C)(=O)=O)c(Cl)c2)cc1OCC. The lowest BCUT2D eigenvalue weighted by atomic mass is 10.1. The van der Waals surface area contributed by atoms with Gasteiger partial charge in [-0.15, -0.1) is 0 Å².